The molecule has 0 radical (unpaired) electrons. The van der Waals surface area contributed by atoms with Gasteiger partial charge in [-0.1, -0.05) is 0 Å². The van der Waals surface area contributed by atoms with Crippen molar-refractivity contribution in [3.63, 3.8) is 0 Å². The molecule has 0 saturated carbocycles. The van der Waals surface area contributed by atoms with Gasteiger partial charge in [-0.15, -0.1) is 38.4 Å². The van der Waals surface area contributed by atoms with E-state index < -0.39 is 39.1 Å². The first kappa shape index (κ1) is 13.1. The predicted octanol–water partition coefficient (Wildman–Crippen LogP) is 2.47. The molecule has 9 heteroatoms. The summed E-state index contributed by atoms with van der Waals surface area (Å²) in [6.45, 7) is 0. The fourth-order valence-corrected chi connectivity index (χ4v) is 1.41. The molecule has 0 spiro atoms. The van der Waals surface area contributed by atoms with E-state index in [-0.39, 0.29) is 0 Å². The minimum atomic E-state index is -4.98. The monoisotopic (exact) mass is 274 g/mol. The van der Waals surface area contributed by atoms with Crippen molar-refractivity contribution in [2.24, 2.45) is 0 Å². The summed E-state index contributed by atoms with van der Waals surface area (Å²) in [5.74, 6) is -1.90. The van der Waals surface area contributed by atoms with Gasteiger partial charge < -0.3 is 16.2 Å². The van der Waals surface area contributed by atoms with Crippen LogP contribution in [0.5, 0.6) is 5.75 Å². The number of anilines is 2. The Bertz CT molecular complexity index is 406. The maximum absolute atomic E-state index is 13.2. The highest BCUT2D eigenvalue weighted by atomic mass is 32.1. The van der Waals surface area contributed by atoms with Gasteiger partial charge in [-0.2, -0.15) is 0 Å². The Kier molecular flexibility index (Phi) is 3.38. The fourth-order valence-electron chi connectivity index (χ4n) is 0.926. The Morgan fingerprint density at radius 1 is 1.00 bits per heavy atom. The Morgan fingerprint density at radius 2 is 1.50 bits per heavy atom. The summed E-state index contributed by atoms with van der Waals surface area (Å²) in [6, 6.07) is 0. The first-order chi connectivity index (χ1) is 7.15. The molecular formula is C7H6F4N2OS2. The van der Waals surface area contributed by atoms with Crippen molar-refractivity contribution in [1.29, 1.82) is 0 Å². The molecule has 0 saturated heterocycles. The maximum Gasteiger partial charge on any atom is 0.573 e. The average molecular weight is 274 g/mol. The summed E-state index contributed by atoms with van der Waals surface area (Å²) in [7, 11) is 0. The largest absolute Gasteiger partial charge is 0.573 e. The molecule has 0 unspecified atom stereocenters. The molecule has 16 heavy (non-hydrogen) atoms. The molecule has 0 aliphatic heterocycles. The van der Waals surface area contributed by atoms with Crippen molar-refractivity contribution in [2.75, 3.05) is 11.5 Å². The van der Waals surface area contributed by atoms with Crippen molar-refractivity contribution in [3.05, 3.63) is 5.82 Å². The van der Waals surface area contributed by atoms with Crippen LogP contribution in [0.1, 0.15) is 0 Å². The zero-order valence-corrected chi connectivity index (χ0v) is 9.26. The minimum Gasteiger partial charge on any atom is -0.402 e. The number of nitrogen functional groups attached to an aromatic ring is 2. The van der Waals surface area contributed by atoms with Gasteiger partial charge in [0.05, 0.1) is 21.2 Å². The predicted molar refractivity (Wildman–Crippen MR) is 56.4 cm³/mol. The van der Waals surface area contributed by atoms with E-state index in [0.717, 1.165) is 0 Å². The number of ether oxygens (including phenoxy) is 1. The van der Waals surface area contributed by atoms with Crippen LogP contribution in [0.2, 0.25) is 0 Å². The summed E-state index contributed by atoms with van der Waals surface area (Å²) < 4.78 is 52.8. The van der Waals surface area contributed by atoms with E-state index in [1.165, 1.54) is 0 Å². The van der Waals surface area contributed by atoms with Crippen molar-refractivity contribution >= 4 is 36.6 Å². The third-order valence-corrected chi connectivity index (χ3v) is 2.51. The number of rotatable bonds is 1. The SMILES string of the molecule is Nc1c(F)c(S)c(N)c(OC(F)(F)F)c1S. The van der Waals surface area contributed by atoms with Gasteiger partial charge in [0.25, 0.3) is 0 Å². The van der Waals surface area contributed by atoms with Crippen LogP contribution in [0.4, 0.5) is 28.9 Å². The lowest BCUT2D eigenvalue weighted by atomic mass is 10.2. The molecule has 1 aromatic rings. The Balaban J connectivity index is 3.40. The second-order valence-corrected chi connectivity index (χ2v) is 3.61. The van der Waals surface area contributed by atoms with Crippen LogP contribution in [0.3, 0.4) is 0 Å². The van der Waals surface area contributed by atoms with Crippen molar-refractivity contribution in [3.8, 4) is 5.75 Å². The molecule has 0 amide bonds. The van der Waals surface area contributed by atoms with E-state index in [9.17, 15) is 17.6 Å². The summed E-state index contributed by atoms with van der Waals surface area (Å²) in [4.78, 5) is -1.04. The fraction of sp³-hybridized carbons (Fsp3) is 0.143. The van der Waals surface area contributed by atoms with E-state index >= 15 is 0 Å². The normalized spacial score (nSPS) is 11.6. The third kappa shape index (κ3) is 2.40. The number of halogens is 4. The molecule has 0 bridgehead atoms. The zero-order valence-electron chi connectivity index (χ0n) is 7.47. The van der Waals surface area contributed by atoms with Gasteiger partial charge in [0, 0.05) is 0 Å². The van der Waals surface area contributed by atoms with Gasteiger partial charge in [0.2, 0.25) is 0 Å². The number of benzene rings is 1. The lowest BCUT2D eigenvalue weighted by Crippen LogP contribution is -2.19. The van der Waals surface area contributed by atoms with Gasteiger partial charge in [-0.25, -0.2) is 4.39 Å². The number of alkyl halides is 3. The molecule has 1 aromatic carbocycles. The van der Waals surface area contributed by atoms with Gasteiger partial charge in [-0.3, -0.25) is 0 Å². The number of hydrogen-bond donors (Lipinski definition) is 4. The lowest BCUT2D eigenvalue weighted by molar-refractivity contribution is -0.275. The molecule has 0 atom stereocenters. The van der Waals surface area contributed by atoms with E-state index in [0.29, 0.717) is 0 Å². The average Bonchev–Trinajstić information content (AvgIpc) is 2.17. The third-order valence-electron chi connectivity index (χ3n) is 1.63. The first-order valence-electron chi connectivity index (χ1n) is 3.69. The van der Waals surface area contributed by atoms with Crippen LogP contribution < -0.4 is 16.2 Å². The minimum absolute atomic E-state index is 0.519. The lowest BCUT2D eigenvalue weighted by Gasteiger charge is -2.16. The zero-order chi connectivity index (χ0) is 12.7. The van der Waals surface area contributed by atoms with E-state index in [4.69, 9.17) is 11.5 Å². The Morgan fingerprint density at radius 3 is 1.94 bits per heavy atom. The highest BCUT2D eigenvalue weighted by Crippen LogP contribution is 2.43. The summed E-state index contributed by atoms with van der Waals surface area (Å²) >= 11 is 7.19. The molecule has 0 aliphatic rings. The van der Waals surface area contributed by atoms with Gasteiger partial charge in [0.1, 0.15) is 0 Å². The Hall–Kier alpha value is -0.960. The van der Waals surface area contributed by atoms with Gasteiger partial charge in [0.15, 0.2) is 11.6 Å². The van der Waals surface area contributed by atoms with Crippen molar-refractivity contribution < 1.29 is 22.3 Å². The van der Waals surface area contributed by atoms with Crippen molar-refractivity contribution in [1.82, 2.24) is 0 Å². The number of nitrogens with two attached hydrogens (primary N) is 2. The molecule has 0 fully saturated rings. The van der Waals surface area contributed by atoms with Crippen LogP contribution in [0.15, 0.2) is 9.79 Å². The molecule has 3 nitrogen and oxygen atoms in total. The molecule has 0 aliphatic carbocycles. The first-order valence-corrected chi connectivity index (χ1v) is 4.58. The second-order valence-electron chi connectivity index (χ2n) is 2.72. The van der Waals surface area contributed by atoms with Gasteiger partial charge >= 0.3 is 6.36 Å². The molecule has 4 N–H and O–H groups in total. The standard InChI is InChI=1S/C7H6F4N2OS2/c8-1-2(12)6(16)4(3(13)5(1)15)14-7(9,10)11/h15-16H,12-13H2. The van der Waals surface area contributed by atoms with E-state index in [1.54, 1.807) is 0 Å². The maximum atomic E-state index is 13.2. The number of thiol groups is 2. The van der Waals surface area contributed by atoms with Gasteiger partial charge in [-0.05, 0) is 0 Å². The second kappa shape index (κ2) is 4.13. The molecule has 1 rings (SSSR count). The Labute approximate surface area is 98.6 Å². The molecular weight excluding hydrogens is 268 g/mol. The van der Waals surface area contributed by atoms with Crippen LogP contribution in [-0.4, -0.2) is 6.36 Å². The quantitative estimate of drug-likeness (QED) is 0.361. The smallest absolute Gasteiger partial charge is 0.402 e. The van der Waals surface area contributed by atoms with Crippen molar-refractivity contribution in [2.45, 2.75) is 16.2 Å². The summed E-state index contributed by atoms with van der Waals surface area (Å²) in [5, 5.41) is 0. The summed E-state index contributed by atoms with van der Waals surface area (Å²) in [5.41, 5.74) is 9.16. The van der Waals surface area contributed by atoms with E-state index in [1.807, 2.05) is 0 Å². The van der Waals surface area contributed by atoms with Crippen LogP contribution in [-0.2, 0) is 0 Å². The summed E-state index contributed by atoms with van der Waals surface area (Å²) in [6.07, 6.45) is -4.98. The topological polar surface area (TPSA) is 61.3 Å². The number of hydrogen-bond acceptors (Lipinski definition) is 5. The molecule has 0 aromatic heterocycles. The van der Waals surface area contributed by atoms with E-state index in [2.05, 4.69) is 30.0 Å². The van der Waals surface area contributed by atoms with Crippen LogP contribution >= 0.6 is 25.3 Å². The highest BCUT2D eigenvalue weighted by molar-refractivity contribution is 7.81. The molecule has 90 valence electrons. The molecule has 0 heterocycles. The highest BCUT2D eigenvalue weighted by Gasteiger charge is 2.34. The van der Waals surface area contributed by atoms with Crippen LogP contribution in [0, 0.1) is 5.82 Å². The van der Waals surface area contributed by atoms with Crippen LogP contribution in [0.25, 0.3) is 0 Å².